The van der Waals surface area contributed by atoms with Gasteiger partial charge < -0.3 is 10.1 Å². The number of esters is 1. The molecule has 94 valence electrons. The van der Waals surface area contributed by atoms with Crippen molar-refractivity contribution in [2.24, 2.45) is 0 Å². The topological polar surface area (TPSA) is 51.2 Å². The van der Waals surface area contributed by atoms with Crippen molar-refractivity contribution < 1.29 is 9.53 Å². The van der Waals surface area contributed by atoms with Crippen molar-refractivity contribution in [3.63, 3.8) is 0 Å². The zero-order valence-electron chi connectivity index (χ0n) is 10.5. The fourth-order valence-electron chi connectivity index (χ4n) is 1.53. The molecule has 0 saturated heterocycles. The highest BCUT2D eigenvalue weighted by Crippen LogP contribution is 2.25. The molecule has 1 N–H and O–H groups in total. The Balaban J connectivity index is 2.21. The minimum absolute atomic E-state index is 0.329. The summed E-state index contributed by atoms with van der Waals surface area (Å²) in [4.78, 5) is 15.5. The largest absolute Gasteiger partial charge is 0.464 e. The average molecular weight is 262 g/mol. The molecule has 0 aliphatic heterocycles. The molecule has 2 aromatic rings. The summed E-state index contributed by atoms with van der Waals surface area (Å²) in [7, 11) is 1.35. The SMILES string of the molecule is COC(=O)c1csc(Nc2cccc(C)c2C)n1. The van der Waals surface area contributed by atoms with E-state index < -0.39 is 5.97 Å². The number of aryl methyl sites for hydroxylation is 1. The maximum atomic E-state index is 11.3. The van der Waals surface area contributed by atoms with Crippen LogP contribution in [0, 0.1) is 13.8 Å². The summed E-state index contributed by atoms with van der Waals surface area (Å²) >= 11 is 1.38. The van der Waals surface area contributed by atoms with Gasteiger partial charge in [-0.25, -0.2) is 9.78 Å². The van der Waals surface area contributed by atoms with Crippen LogP contribution in [0.2, 0.25) is 0 Å². The van der Waals surface area contributed by atoms with Crippen molar-refractivity contribution in [1.82, 2.24) is 4.98 Å². The summed E-state index contributed by atoms with van der Waals surface area (Å²) in [6.45, 7) is 4.11. The molecule has 0 aliphatic rings. The van der Waals surface area contributed by atoms with Gasteiger partial charge in [0.2, 0.25) is 0 Å². The summed E-state index contributed by atoms with van der Waals surface area (Å²) in [5.74, 6) is -0.416. The number of hydrogen-bond donors (Lipinski definition) is 1. The maximum absolute atomic E-state index is 11.3. The lowest BCUT2D eigenvalue weighted by Crippen LogP contribution is -2.02. The third kappa shape index (κ3) is 2.51. The van der Waals surface area contributed by atoms with Gasteiger partial charge in [-0.3, -0.25) is 0 Å². The first kappa shape index (κ1) is 12.6. The lowest BCUT2D eigenvalue weighted by Gasteiger charge is -2.08. The minimum atomic E-state index is -0.416. The summed E-state index contributed by atoms with van der Waals surface area (Å²) in [5.41, 5.74) is 3.72. The highest BCUT2D eigenvalue weighted by Gasteiger charge is 2.11. The third-order valence-corrected chi connectivity index (χ3v) is 3.50. The van der Waals surface area contributed by atoms with Gasteiger partial charge in [-0.05, 0) is 31.0 Å². The molecule has 0 unspecified atom stereocenters. The number of ether oxygens (including phenoxy) is 1. The summed E-state index contributed by atoms with van der Waals surface area (Å²) in [6, 6.07) is 6.03. The average Bonchev–Trinajstić information content (AvgIpc) is 2.82. The first-order chi connectivity index (χ1) is 8.61. The molecule has 0 aliphatic carbocycles. The normalized spacial score (nSPS) is 10.2. The van der Waals surface area contributed by atoms with Gasteiger partial charge in [0.15, 0.2) is 10.8 Å². The number of nitrogens with zero attached hydrogens (tertiary/aromatic N) is 1. The highest BCUT2D eigenvalue weighted by molar-refractivity contribution is 7.14. The van der Waals surface area contributed by atoms with Crippen LogP contribution in [-0.2, 0) is 4.74 Å². The van der Waals surface area contributed by atoms with Crippen LogP contribution in [0.1, 0.15) is 21.6 Å². The molecule has 0 spiro atoms. The molecule has 5 heteroatoms. The maximum Gasteiger partial charge on any atom is 0.357 e. The monoisotopic (exact) mass is 262 g/mol. The first-order valence-corrected chi connectivity index (χ1v) is 6.37. The Bertz CT molecular complexity index is 578. The molecule has 0 amide bonds. The van der Waals surface area contributed by atoms with E-state index >= 15 is 0 Å². The van der Waals surface area contributed by atoms with Crippen LogP contribution in [0.5, 0.6) is 0 Å². The van der Waals surface area contributed by atoms with Gasteiger partial charge in [-0.2, -0.15) is 0 Å². The van der Waals surface area contributed by atoms with E-state index in [1.54, 1.807) is 5.38 Å². The molecule has 0 saturated carbocycles. The van der Waals surface area contributed by atoms with Gasteiger partial charge in [0, 0.05) is 11.1 Å². The number of carbonyl (C=O) groups is 1. The van der Waals surface area contributed by atoms with E-state index in [0.29, 0.717) is 10.8 Å². The van der Waals surface area contributed by atoms with Gasteiger partial charge in [0.1, 0.15) is 0 Å². The number of benzene rings is 1. The second-order valence-electron chi connectivity index (χ2n) is 3.90. The lowest BCUT2D eigenvalue weighted by molar-refractivity contribution is 0.0595. The molecule has 1 aromatic heterocycles. The molecule has 1 heterocycles. The van der Waals surface area contributed by atoms with Gasteiger partial charge in [0.25, 0.3) is 0 Å². The summed E-state index contributed by atoms with van der Waals surface area (Å²) in [5, 5.41) is 5.58. The van der Waals surface area contributed by atoms with Crippen LogP contribution in [0.4, 0.5) is 10.8 Å². The third-order valence-electron chi connectivity index (χ3n) is 2.74. The van der Waals surface area contributed by atoms with E-state index in [1.165, 1.54) is 29.6 Å². The summed E-state index contributed by atoms with van der Waals surface area (Å²) < 4.78 is 4.62. The van der Waals surface area contributed by atoms with Crippen molar-refractivity contribution >= 4 is 28.1 Å². The Kier molecular flexibility index (Phi) is 3.62. The van der Waals surface area contributed by atoms with Gasteiger partial charge >= 0.3 is 5.97 Å². The molecule has 0 atom stereocenters. The van der Waals surface area contributed by atoms with Crippen molar-refractivity contribution in [2.75, 3.05) is 12.4 Å². The van der Waals surface area contributed by atoms with Crippen molar-refractivity contribution in [3.8, 4) is 0 Å². The van der Waals surface area contributed by atoms with E-state index in [0.717, 1.165) is 5.69 Å². The van der Waals surface area contributed by atoms with Crippen molar-refractivity contribution in [1.29, 1.82) is 0 Å². The van der Waals surface area contributed by atoms with E-state index in [1.807, 2.05) is 19.1 Å². The fraction of sp³-hybridized carbons (Fsp3) is 0.231. The van der Waals surface area contributed by atoms with Crippen LogP contribution in [-0.4, -0.2) is 18.1 Å². The number of anilines is 2. The fourth-order valence-corrected chi connectivity index (χ4v) is 2.22. The predicted molar refractivity (Wildman–Crippen MR) is 72.7 cm³/mol. The summed E-state index contributed by atoms with van der Waals surface area (Å²) in [6.07, 6.45) is 0. The van der Waals surface area contributed by atoms with Crippen LogP contribution in [0.15, 0.2) is 23.6 Å². The molecule has 1 aromatic carbocycles. The van der Waals surface area contributed by atoms with E-state index in [9.17, 15) is 4.79 Å². The molecule has 4 nitrogen and oxygen atoms in total. The lowest BCUT2D eigenvalue weighted by atomic mass is 10.1. The predicted octanol–water partition coefficient (Wildman–Crippen LogP) is 3.29. The van der Waals surface area contributed by atoms with Gasteiger partial charge in [-0.1, -0.05) is 12.1 Å². The van der Waals surface area contributed by atoms with E-state index in [2.05, 4.69) is 28.0 Å². The molecule has 0 bridgehead atoms. The Morgan fingerprint density at radius 2 is 2.17 bits per heavy atom. The van der Waals surface area contributed by atoms with Gasteiger partial charge in [0.05, 0.1) is 7.11 Å². The van der Waals surface area contributed by atoms with Crippen LogP contribution in [0.25, 0.3) is 0 Å². The van der Waals surface area contributed by atoms with Gasteiger partial charge in [-0.15, -0.1) is 11.3 Å². The van der Waals surface area contributed by atoms with E-state index in [4.69, 9.17) is 0 Å². The quantitative estimate of drug-likeness (QED) is 0.862. The highest BCUT2D eigenvalue weighted by atomic mass is 32.1. The number of aromatic nitrogens is 1. The Labute approximate surface area is 110 Å². The first-order valence-electron chi connectivity index (χ1n) is 5.49. The Hall–Kier alpha value is -1.88. The number of hydrogen-bond acceptors (Lipinski definition) is 5. The zero-order valence-corrected chi connectivity index (χ0v) is 11.3. The number of rotatable bonds is 3. The van der Waals surface area contributed by atoms with Crippen molar-refractivity contribution in [2.45, 2.75) is 13.8 Å². The second kappa shape index (κ2) is 5.18. The molecule has 18 heavy (non-hydrogen) atoms. The number of thiazole rings is 1. The molecule has 2 rings (SSSR count). The zero-order chi connectivity index (χ0) is 13.1. The van der Waals surface area contributed by atoms with E-state index in [-0.39, 0.29) is 0 Å². The number of carbonyl (C=O) groups excluding carboxylic acids is 1. The molecular weight excluding hydrogens is 248 g/mol. The molecular formula is C13H14N2O2S. The molecule has 0 radical (unpaired) electrons. The Morgan fingerprint density at radius 1 is 1.39 bits per heavy atom. The van der Waals surface area contributed by atoms with Crippen LogP contribution >= 0.6 is 11.3 Å². The number of nitrogens with one attached hydrogen (secondary N) is 1. The number of methoxy groups -OCH3 is 1. The molecule has 0 fully saturated rings. The smallest absolute Gasteiger partial charge is 0.357 e. The van der Waals surface area contributed by atoms with Crippen molar-refractivity contribution in [3.05, 3.63) is 40.4 Å². The second-order valence-corrected chi connectivity index (χ2v) is 4.76. The minimum Gasteiger partial charge on any atom is -0.464 e. The van der Waals surface area contributed by atoms with Crippen LogP contribution < -0.4 is 5.32 Å². The Morgan fingerprint density at radius 3 is 2.89 bits per heavy atom. The standard InChI is InChI=1S/C13H14N2O2S/c1-8-5-4-6-10(9(8)2)14-13-15-11(7-18-13)12(16)17-3/h4-7H,1-3H3,(H,14,15). The van der Waals surface area contributed by atoms with Crippen LogP contribution in [0.3, 0.4) is 0 Å².